The first-order valence-electron chi connectivity index (χ1n) is 12.3. The Bertz CT molecular complexity index is 1430. The molecule has 0 radical (unpaired) electrons. The van der Waals surface area contributed by atoms with E-state index in [0.717, 1.165) is 13.1 Å². The van der Waals surface area contributed by atoms with Gasteiger partial charge < -0.3 is 4.90 Å². The summed E-state index contributed by atoms with van der Waals surface area (Å²) in [4.78, 5) is 2.45. The van der Waals surface area contributed by atoms with Crippen molar-refractivity contribution in [2.75, 3.05) is 18.0 Å². The predicted octanol–water partition coefficient (Wildman–Crippen LogP) is 5.04. The molecule has 0 aromatic heterocycles. The maximum atomic E-state index is 2.49. The topological polar surface area (TPSA) is 3.24 Å². The van der Waals surface area contributed by atoms with Crippen molar-refractivity contribution in [1.82, 2.24) is 0 Å². The zero-order valence-corrected chi connectivity index (χ0v) is 20.8. The molecule has 1 aliphatic rings. The Labute approximate surface area is 203 Å². The summed E-state index contributed by atoms with van der Waals surface area (Å²) >= 11 is 0. The third-order valence-electron chi connectivity index (χ3n) is 7.53. The monoisotopic (exact) mass is 455 g/mol. The number of nitrogens with zero attached hydrogens (tertiary/aromatic N) is 1. The summed E-state index contributed by atoms with van der Waals surface area (Å²) in [6.07, 6.45) is 0. The summed E-state index contributed by atoms with van der Waals surface area (Å²) in [5.74, 6) is 0. The van der Waals surface area contributed by atoms with Crippen molar-refractivity contribution in [2.24, 2.45) is 0 Å². The van der Waals surface area contributed by atoms with Crippen molar-refractivity contribution in [3.8, 4) is 11.1 Å². The molecule has 1 heterocycles. The van der Waals surface area contributed by atoms with E-state index in [1.54, 1.807) is 0 Å². The molecule has 0 fully saturated rings. The lowest BCUT2D eigenvalue weighted by atomic mass is 10.0. The summed E-state index contributed by atoms with van der Waals surface area (Å²) in [5, 5.41) is 8.55. The molecule has 0 spiro atoms. The van der Waals surface area contributed by atoms with Crippen molar-refractivity contribution in [2.45, 2.75) is 13.8 Å². The highest BCUT2D eigenvalue weighted by Gasteiger charge is 2.48. The van der Waals surface area contributed by atoms with Crippen LogP contribution in [0.5, 0.6) is 0 Å². The van der Waals surface area contributed by atoms with Gasteiger partial charge in [-0.05, 0) is 74.7 Å². The first-order valence-corrected chi connectivity index (χ1v) is 14.3. The Morgan fingerprint density at radius 1 is 0.529 bits per heavy atom. The number of hydrogen-bond donors (Lipinski definition) is 0. The molecule has 0 bridgehead atoms. The molecule has 166 valence electrons. The van der Waals surface area contributed by atoms with Gasteiger partial charge in [0, 0.05) is 18.8 Å². The average Bonchev–Trinajstić information content (AvgIpc) is 3.19. The lowest BCUT2D eigenvalue weighted by molar-refractivity contribution is 0.867. The zero-order chi connectivity index (χ0) is 23.1. The van der Waals surface area contributed by atoms with Gasteiger partial charge in [0.1, 0.15) is 0 Å². The zero-order valence-electron chi connectivity index (χ0n) is 19.8. The van der Waals surface area contributed by atoms with E-state index in [1.807, 2.05) is 0 Å². The number of rotatable bonds is 5. The van der Waals surface area contributed by atoms with Crippen LogP contribution in [0, 0.1) is 0 Å². The molecule has 1 aliphatic heterocycles. The van der Waals surface area contributed by atoms with Crippen LogP contribution in [-0.2, 0) is 0 Å². The summed E-state index contributed by atoms with van der Waals surface area (Å²) in [6.45, 7) is 6.51. The van der Waals surface area contributed by atoms with E-state index in [1.165, 1.54) is 48.3 Å². The van der Waals surface area contributed by atoms with Gasteiger partial charge in [0.25, 0.3) is 0 Å². The highest BCUT2D eigenvalue weighted by Crippen LogP contribution is 2.34. The molecule has 0 amide bonds. The Hall–Kier alpha value is -3.62. The largest absolute Gasteiger partial charge is 0.372 e. The molecular weight excluding hydrogens is 426 g/mol. The van der Waals surface area contributed by atoms with E-state index in [0.29, 0.717) is 0 Å². The van der Waals surface area contributed by atoms with E-state index in [4.69, 9.17) is 0 Å². The highest BCUT2D eigenvalue weighted by molar-refractivity contribution is 7.22. The first kappa shape index (κ1) is 20.9. The van der Waals surface area contributed by atoms with Crippen LogP contribution in [0.2, 0.25) is 0 Å². The van der Waals surface area contributed by atoms with Gasteiger partial charge >= 0.3 is 0 Å². The fraction of sp³-hybridized carbons (Fsp3) is 0.125. The minimum absolute atomic E-state index is 1.01. The van der Waals surface area contributed by atoms with Crippen molar-refractivity contribution in [3.63, 3.8) is 0 Å². The fourth-order valence-corrected chi connectivity index (χ4v) is 11.1. The van der Waals surface area contributed by atoms with Gasteiger partial charge in [0.05, 0.1) is 0 Å². The second-order valence-electron chi connectivity index (χ2n) is 9.13. The van der Waals surface area contributed by atoms with Gasteiger partial charge in [0.15, 0.2) is 8.07 Å². The average molecular weight is 456 g/mol. The number of benzene rings is 5. The van der Waals surface area contributed by atoms with Crippen LogP contribution in [0.3, 0.4) is 0 Å². The van der Waals surface area contributed by atoms with E-state index in [2.05, 4.69) is 134 Å². The van der Waals surface area contributed by atoms with E-state index in [-0.39, 0.29) is 0 Å². The molecule has 0 aliphatic carbocycles. The molecule has 2 heteroatoms. The lowest BCUT2D eigenvalue weighted by Gasteiger charge is -2.31. The van der Waals surface area contributed by atoms with E-state index in [9.17, 15) is 0 Å². The fourth-order valence-electron chi connectivity index (χ4n) is 5.95. The Morgan fingerprint density at radius 3 is 1.65 bits per heavy atom. The molecule has 1 nitrogen and oxygen atoms in total. The summed E-state index contributed by atoms with van der Waals surface area (Å²) in [7, 11) is -2.44. The lowest BCUT2D eigenvalue weighted by Crippen LogP contribution is -2.72. The Morgan fingerprint density at radius 2 is 1.06 bits per heavy atom. The van der Waals surface area contributed by atoms with Crippen LogP contribution in [0.15, 0.2) is 115 Å². The van der Waals surface area contributed by atoms with Crippen LogP contribution in [-0.4, -0.2) is 21.2 Å². The molecular formula is C32H29NSi. The molecule has 5 aromatic carbocycles. The third-order valence-corrected chi connectivity index (χ3v) is 12.4. The van der Waals surface area contributed by atoms with Gasteiger partial charge in [-0.3, -0.25) is 0 Å². The Kier molecular flexibility index (Phi) is 5.12. The van der Waals surface area contributed by atoms with Crippen molar-refractivity contribution < 1.29 is 0 Å². The van der Waals surface area contributed by atoms with Crippen molar-refractivity contribution in [3.05, 3.63) is 115 Å². The quantitative estimate of drug-likeness (QED) is 0.329. The summed E-state index contributed by atoms with van der Waals surface area (Å²) < 4.78 is 0. The van der Waals surface area contributed by atoms with Gasteiger partial charge in [-0.15, -0.1) is 0 Å². The van der Waals surface area contributed by atoms with E-state index >= 15 is 0 Å². The van der Waals surface area contributed by atoms with Crippen molar-refractivity contribution in [1.29, 1.82) is 0 Å². The third kappa shape index (κ3) is 2.99. The molecule has 6 rings (SSSR count). The maximum absolute atomic E-state index is 2.49. The molecule has 0 unspecified atom stereocenters. The van der Waals surface area contributed by atoms with Crippen LogP contribution in [0.1, 0.15) is 13.8 Å². The molecule has 0 atom stereocenters. The molecule has 34 heavy (non-hydrogen) atoms. The molecule has 0 saturated carbocycles. The minimum Gasteiger partial charge on any atom is -0.372 e. The van der Waals surface area contributed by atoms with Gasteiger partial charge in [-0.2, -0.15) is 0 Å². The second-order valence-corrected chi connectivity index (χ2v) is 12.9. The number of hydrogen-bond acceptors (Lipinski definition) is 1. The van der Waals surface area contributed by atoms with Gasteiger partial charge in [0.2, 0.25) is 0 Å². The normalized spacial score (nSPS) is 13.5. The maximum Gasteiger partial charge on any atom is 0.180 e. The van der Waals surface area contributed by atoms with Crippen LogP contribution in [0.4, 0.5) is 5.69 Å². The summed E-state index contributed by atoms with van der Waals surface area (Å²) in [5.41, 5.74) is 4.13. The summed E-state index contributed by atoms with van der Waals surface area (Å²) in [6, 6.07) is 43.5. The highest BCUT2D eigenvalue weighted by atomic mass is 28.3. The van der Waals surface area contributed by atoms with Crippen molar-refractivity contribution >= 4 is 45.3 Å². The predicted molar refractivity (Wildman–Crippen MR) is 150 cm³/mol. The number of fused-ring (bicyclic) bond motifs is 4. The first-order chi connectivity index (χ1) is 16.8. The molecule has 0 N–H and O–H groups in total. The second kappa shape index (κ2) is 8.30. The Balaban J connectivity index is 1.77. The smallest absolute Gasteiger partial charge is 0.180 e. The molecule has 5 aromatic rings. The minimum atomic E-state index is -2.44. The van der Waals surface area contributed by atoms with Gasteiger partial charge in [-0.1, -0.05) is 97.1 Å². The van der Waals surface area contributed by atoms with Gasteiger partial charge in [-0.25, -0.2) is 0 Å². The SMILES string of the molecule is CCN(CC)c1ccc2c(c1)-c1cc3ccccc3cc1[Si]2(c1ccccc1)c1ccccc1. The van der Waals surface area contributed by atoms with Crippen LogP contribution < -0.4 is 25.6 Å². The van der Waals surface area contributed by atoms with E-state index < -0.39 is 8.07 Å². The standard InChI is InChI=1S/C32H29NSi/c1-3-33(4-2)26-19-20-31-30(23-26)29-21-24-13-11-12-14-25(24)22-32(29)34(31,27-15-7-5-8-16-27)28-17-9-6-10-18-28/h5-23H,3-4H2,1-2H3. The van der Waals surface area contributed by atoms with Crippen LogP contribution in [0.25, 0.3) is 21.9 Å². The molecule has 0 saturated heterocycles. The number of anilines is 1. The van der Waals surface area contributed by atoms with Crippen LogP contribution >= 0.6 is 0 Å².